The molecule has 0 saturated heterocycles. The molecule has 15 nitrogen and oxygen atoms in total. The van der Waals surface area contributed by atoms with Crippen molar-refractivity contribution in [2.45, 2.75) is 31.7 Å². The molecule has 0 saturated carbocycles. The van der Waals surface area contributed by atoms with E-state index >= 15 is 0 Å². The summed E-state index contributed by atoms with van der Waals surface area (Å²) in [6, 6.07) is 11.2. The molecule has 0 bridgehead atoms. The molecule has 0 atom stereocenters. The third-order valence-electron chi connectivity index (χ3n) is 7.61. The van der Waals surface area contributed by atoms with E-state index in [9.17, 15) is 58.2 Å². The number of carbonyl (C=O) groups excluding carboxylic acids is 4. The number of fused-ring (bicyclic) bond motifs is 1. The molecule has 250 valence electrons. The average molecular weight is 761 g/mol. The van der Waals surface area contributed by atoms with Crippen LogP contribution in [0.15, 0.2) is 48.5 Å². The third kappa shape index (κ3) is 11.2. The second-order valence-corrected chi connectivity index (χ2v) is 12.8. The Morgan fingerprint density at radius 2 is 1.02 bits per heavy atom. The Kier molecular flexibility index (Phi) is 20.0. The number of hydrogen-bond acceptors (Lipinski definition) is 15. The van der Waals surface area contributed by atoms with Crippen LogP contribution in [0.25, 0.3) is 0 Å². The minimum atomic E-state index is -4.75. The maximum absolute atomic E-state index is 14.3. The van der Waals surface area contributed by atoms with Gasteiger partial charge in [-0.25, -0.2) is 0 Å². The maximum Gasteiger partial charge on any atom is 1.00 e. The molecule has 3 aromatic carbocycles. The van der Waals surface area contributed by atoms with Crippen LogP contribution in [-0.4, -0.2) is 78.5 Å². The SMILES string of the molecule is Cc1cc(C2(c3cc(C)c(O)c(CN(CC(=O)[O-])CC(=O)[O-])c3)c3ccccc3OS2(=O)=O)cc(CN(CC(=O)[O-])CC(=O)[O-])c1O.[Na+].[Na+].[Na+].[Na+]. The Bertz CT molecular complexity index is 1770. The number of carboxylic acid groups (broad SMARTS) is 4. The van der Waals surface area contributed by atoms with Crippen molar-refractivity contribution in [2.24, 2.45) is 0 Å². The first-order valence-corrected chi connectivity index (χ1v) is 15.3. The van der Waals surface area contributed by atoms with Gasteiger partial charge in [-0.1, -0.05) is 18.2 Å². The summed E-state index contributed by atoms with van der Waals surface area (Å²) in [5.74, 6) is -7.28. The number of para-hydroxylation sites is 1. The molecule has 0 spiro atoms. The van der Waals surface area contributed by atoms with E-state index in [1.807, 2.05) is 0 Å². The molecule has 20 heteroatoms. The van der Waals surface area contributed by atoms with E-state index in [1.165, 1.54) is 56.3 Å². The number of phenols is 2. The number of aliphatic carboxylic acids is 4. The first kappa shape index (κ1) is 49.8. The first-order valence-electron chi connectivity index (χ1n) is 13.9. The van der Waals surface area contributed by atoms with Gasteiger partial charge < -0.3 is 54.0 Å². The fourth-order valence-corrected chi connectivity index (χ4v) is 7.57. The van der Waals surface area contributed by atoms with Gasteiger partial charge in [0.05, 0.1) is 23.9 Å². The number of rotatable bonds is 14. The summed E-state index contributed by atoms with van der Waals surface area (Å²) in [5, 5.41) is 67.2. The van der Waals surface area contributed by atoms with Crippen LogP contribution in [0.2, 0.25) is 0 Å². The molecule has 0 unspecified atom stereocenters. The van der Waals surface area contributed by atoms with Crippen molar-refractivity contribution in [3.8, 4) is 17.2 Å². The van der Waals surface area contributed by atoms with Gasteiger partial charge in [0.15, 0.2) is 4.75 Å². The fraction of sp³-hybridized carbons (Fsp3) is 0.290. The van der Waals surface area contributed by atoms with Gasteiger partial charge in [0.25, 0.3) is 0 Å². The van der Waals surface area contributed by atoms with Crippen LogP contribution in [0.5, 0.6) is 17.2 Å². The summed E-state index contributed by atoms with van der Waals surface area (Å²) in [6.45, 7) is -1.52. The number of carboxylic acids is 4. The summed E-state index contributed by atoms with van der Waals surface area (Å²) < 4.78 is 31.8. The molecule has 2 N–H and O–H groups in total. The van der Waals surface area contributed by atoms with E-state index in [-0.39, 0.29) is 174 Å². The van der Waals surface area contributed by atoms with Crippen LogP contribution in [0, 0.1) is 13.8 Å². The standard InChI is InChI=1S/C31H32N2O13S.4Na/c1-17-7-21(9-19(29(17)42)11-32(13-25(34)35)14-26(36)37)31(23-5-3-4-6-24(23)46-47(31,44)45)22-8-18(2)30(43)20(10-22)12-33(15-27(38)39)16-28(40)41;;;;/h3-10,42-43H,11-16H2,1-2H3,(H,34,35)(H,36,37)(H,38,39)(H,40,41);;;;/q;4*+1/p-4. The van der Waals surface area contributed by atoms with Gasteiger partial charge in [0.2, 0.25) is 0 Å². The predicted molar refractivity (Wildman–Crippen MR) is 152 cm³/mol. The molecule has 4 rings (SSSR count). The van der Waals surface area contributed by atoms with Crippen LogP contribution in [-0.2, 0) is 47.1 Å². The minimum Gasteiger partial charge on any atom is -0.549 e. The average Bonchev–Trinajstić information content (AvgIpc) is 3.18. The van der Waals surface area contributed by atoms with Crippen molar-refractivity contribution in [1.29, 1.82) is 0 Å². The van der Waals surface area contributed by atoms with Crippen molar-refractivity contribution in [2.75, 3.05) is 26.2 Å². The van der Waals surface area contributed by atoms with Crippen LogP contribution in [0.3, 0.4) is 0 Å². The smallest absolute Gasteiger partial charge is 0.549 e. The predicted octanol–water partition coefficient (Wildman–Crippen LogP) is -15.7. The van der Waals surface area contributed by atoms with E-state index in [0.29, 0.717) is 0 Å². The van der Waals surface area contributed by atoms with Crippen molar-refractivity contribution in [3.63, 3.8) is 0 Å². The summed E-state index contributed by atoms with van der Waals surface area (Å²) >= 11 is 0. The molecule has 1 aliphatic heterocycles. The number of carbonyl (C=O) groups is 4. The van der Waals surface area contributed by atoms with Crippen molar-refractivity contribution in [1.82, 2.24) is 9.80 Å². The summed E-state index contributed by atoms with van der Waals surface area (Å²) in [6.07, 6.45) is 0. The Hall–Kier alpha value is -1.19. The largest absolute Gasteiger partial charge is 1.00 e. The number of nitrogens with zero attached hydrogens (tertiary/aromatic N) is 2. The number of benzene rings is 3. The number of hydrogen-bond donors (Lipinski definition) is 2. The number of phenolic OH excluding ortho intramolecular Hbond substituents is 2. The molecule has 1 heterocycles. The second kappa shape index (κ2) is 20.5. The summed E-state index contributed by atoms with van der Waals surface area (Å²) in [5.41, 5.74) is 0.220. The van der Waals surface area contributed by atoms with Crippen LogP contribution in [0.1, 0.15) is 38.9 Å². The Balaban J connectivity index is 0.00000625. The molecule has 0 amide bonds. The van der Waals surface area contributed by atoms with E-state index in [1.54, 1.807) is 6.07 Å². The normalized spacial score (nSPS) is 13.3. The zero-order valence-electron chi connectivity index (χ0n) is 29.0. The minimum absolute atomic E-state index is 0. The fourth-order valence-electron chi connectivity index (χ4n) is 5.81. The molecule has 0 aromatic heterocycles. The summed E-state index contributed by atoms with van der Waals surface area (Å²) in [4.78, 5) is 47.1. The molecular weight excluding hydrogens is 732 g/mol. The monoisotopic (exact) mass is 760 g/mol. The topological polar surface area (TPSA) is 251 Å². The first-order chi connectivity index (χ1) is 22.0. The van der Waals surface area contributed by atoms with Crippen molar-refractivity contribution < 1.29 is 181 Å². The zero-order valence-corrected chi connectivity index (χ0v) is 37.9. The van der Waals surface area contributed by atoms with Crippen molar-refractivity contribution in [3.05, 3.63) is 87.5 Å². The molecule has 0 aliphatic carbocycles. The van der Waals surface area contributed by atoms with E-state index in [4.69, 9.17) is 4.18 Å². The molecule has 51 heavy (non-hydrogen) atoms. The van der Waals surface area contributed by atoms with E-state index in [2.05, 4.69) is 0 Å². The van der Waals surface area contributed by atoms with Gasteiger partial charge in [-0.2, -0.15) is 8.42 Å². The van der Waals surface area contributed by atoms with Gasteiger partial charge in [-0.15, -0.1) is 0 Å². The van der Waals surface area contributed by atoms with Crippen LogP contribution in [0.4, 0.5) is 0 Å². The molecule has 0 radical (unpaired) electrons. The van der Waals surface area contributed by atoms with Gasteiger partial charge in [0.1, 0.15) is 17.2 Å². The zero-order chi connectivity index (χ0) is 34.8. The molecule has 1 aliphatic rings. The molecular formula is C31H28N2Na4O13S. The molecule has 3 aromatic rings. The third-order valence-corrected chi connectivity index (χ3v) is 9.45. The second-order valence-electron chi connectivity index (χ2n) is 11.1. The number of aryl methyl sites for hydroxylation is 2. The van der Waals surface area contributed by atoms with Crippen LogP contribution < -0.4 is 143 Å². The Morgan fingerprint density at radius 1 is 0.667 bits per heavy atom. The Morgan fingerprint density at radius 3 is 1.37 bits per heavy atom. The van der Waals surface area contributed by atoms with Crippen molar-refractivity contribution >= 4 is 34.0 Å². The summed E-state index contributed by atoms with van der Waals surface area (Å²) in [7, 11) is -4.75. The quantitative estimate of drug-likeness (QED) is 0.114. The maximum atomic E-state index is 14.3. The van der Waals surface area contributed by atoms with Crippen LogP contribution >= 0.6 is 0 Å². The van der Waals surface area contributed by atoms with Gasteiger partial charge in [-0.05, 0) is 66.4 Å². The molecule has 0 fully saturated rings. The Labute approximate surface area is 382 Å². The number of aromatic hydroxyl groups is 2. The van der Waals surface area contributed by atoms with Gasteiger partial charge in [-0.3, -0.25) is 9.80 Å². The van der Waals surface area contributed by atoms with E-state index in [0.717, 1.165) is 9.80 Å². The van der Waals surface area contributed by atoms with E-state index < -0.39 is 78.0 Å². The van der Waals surface area contributed by atoms with Gasteiger partial charge >= 0.3 is 128 Å². The van der Waals surface area contributed by atoms with Gasteiger partial charge in [0, 0.05) is 56.0 Å².